The first-order chi connectivity index (χ1) is 11.9. The molecule has 0 N–H and O–H groups in total. The topological polar surface area (TPSA) is 123 Å². The van der Waals surface area contributed by atoms with E-state index in [9.17, 15) is 8.42 Å². The maximum Gasteiger partial charge on any atom is 0.220 e. The average molecular weight is 370 g/mol. The van der Waals surface area contributed by atoms with E-state index < -0.39 is 21.3 Å². The molecule has 0 aliphatic carbocycles. The Morgan fingerprint density at radius 3 is 1.20 bits per heavy atom. The molecule has 0 unspecified atom stereocenters. The van der Waals surface area contributed by atoms with Gasteiger partial charge in [-0.25, -0.2) is 8.42 Å². The molecule has 0 bridgehead atoms. The monoisotopic (exact) mass is 370 g/mol. The summed E-state index contributed by atoms with van der Waals surface area (Å²) < 4.78 is 44.9. The van der Waals surface area contributed by atoms with E-state index >= 15 is 0 Å². The molecule has 0 aliphatic rings. The second kappa shape index (κ2) is 7.92. The Morgan fingerprint density at radius 1 is 0.680 bits per heavy atom. The van der Waals surface area contributed by atoms with E-state index in [0.29, 0.717) is 0 Å². The lowest BCUT2D eigenvalue weighted by atomic mass is 10.5. The van der Waals surface area contributed by atoms with Crippen molar-refractivity contribution in [1.82, 2.24) is 19.9 Å². The summed E-state index contributed by atoms with van der Waals surface area (Å²) in [6.07, 6.45) is 0. The second-order valence-corrected chi connectivity index (χ2v) is 6.83. The molecule has 0 saturated heterocycles. The molecule has 0 fully saturated rings. The summed E-state index contributed by atoms with van der Waals surface area (Å²) in [6.45, 7) is 0. The zero-order valence-corrected chi connectivity index (χ0v) is 15.0. The molecule has 0 aliphatic heterocycles. The summed E-state index contributed by atoms with van der Waals surface area (Å²) >= 11 is 0. The number of methoxy groups -OCH3 is 4. The second-order valence-electron chi connectivity index (χ2n) is 4.77. The van der Waals surface area contributed by atoms with Crippen molar-refractivity contribution in [3.05, 3.63) is 23.8 Å². The standard InChI is InChI=1S/C14H18N4O6S/c1-21-11-5-12(22-2)16-9(15-11)7-25(19,20)8-10-17-13(23-3)6-14(18-10)24-4/h5-6H,7-8H2,1-4H3. The number of aromatic nitrogens is 4. The molecule has 0 amide bonds. The zero-order chi connectivity index (χ0) is 18.4. The predicted molar refractivity (Wildman–Crippen MR) is 86.6 cm³/mol. The number of sulfone groups is 1. The third kappa shape index (κ3) is 5.14. The number of hydrogen-bond donors (Lipinski definition) is 0. The van der Waals surface area contributed by atoms with Crippen LogP contribution in [-0.2, 0) is 21.3 Å². The molecule has 2 aromatic heterocycles. The van der Waals surface area contributed by atoms with Crippen LogP contribution in [0.4, 0.5) is 0 Å². The molecule has 25 heavy (non-hydrogen) atoms. The highest BCUT2D eigenvalue weighted by Crippen LogP contribution is 2.19. The third-order valence-electron chi connectivity index (χ3n) is 2.99. The van der Waals surface area contributed by atoms with Gasteiger partial charge in [-0.1, -0.05) is 0 Å². The fraction of sp³-hybridized carbons (Fsp3) is 0.429. The van der Waals surface area contributed by atoms with Crippen molar-refractivity contribution in [3.8, 4) is 23.5 Å². The highest BCUT2D eigenvalue weighted by Gasteiger charge is 2.20. The van der Waals surface area contributed by atoms with E-state index in [-0.39, 0.29) is 35.2 Å². The van der Waals surface area contributed by atoms with E-state index in [4.69, 9.17) is 18.9 Å². The number of hydrogen-bond acceptors (Lipinski definition) is 10. The van der Waals surface area contributed by atoms with Crippen molar-refractivity contribution < 1.29 is 27.4 Å². The van der Waals surface area contributed by atoms with Crippen LogP contribution in [0.25, 0.3) is 0 Å². The van der Waals surface area contributed by atoms with Crippen LogP contribution in [0.3, 0.4) is 0 Å². The molecule has 0 spiro atoms. The lowest BCUT2D eigenvalue weighted by molar-refractivity contribution is 0.369. The van der Waals surface area contributed by atoms with Gasteiger partial charge in [0.05, 0.1) is 40.6 Å². The molecule has 2 heterocycles. The molecule has 11 heteroatoms. The minimum Gasteiger partial charge on any atom is -0.481 e. The average Bonchev–Trinajstić information content (AvgIpc) is 2.59. The van der Waals surface area contributed by atoms with Gasteiger partial charge in [-0.2, -0.15) is 19.9 Å². The van der Waals surface area contributed by atoms with E-state index in [2.05, 4.69) is 19.9 Å². The van der Waals surface area contributed by atoms with Crippen molar-refractivity contribution in [2.24, 2.45) is 0 Å². The SMILES string of the molecule is COc1cc(OC)nc(CS(=O)(=O)Cc2nc(OC)cc(OC)n2)n1. The molecular formula is C14H18N4O6S. The fourth-order valence-corrected chi connectivity index (χ4v) is 3.04. The van der Waals surface area contributed by atoms with Crippen LogP contribution in [-0.4, -0.2) is 56.8 Å². The fourth-order valence-electron chi connectivity index (χ4n) is 1.89. The Kier molecular flexibility index (Phi) is 5.91. The van der Waals surface area contributed by atoms with Gasteiger partial charge in [0.1, 0.15) is 11.5 Å². The summed E-state index contributed by atoms with van der Waals surface area (Å²) in [5.74, 6) is 0.0601. The quantitative estimate of drug-likeness (QED) is 0.645. The van der Waals surface area contributed by atoms with Gasteiger partial charge in [0.25, 0.3) is 0 Å². The number of ether oxygens (including phenoxy) is 4. The van der Waals surface area contributed by atoms with Crippen molar-refractivity contribution >= 4 is 9.84 Å². The van der Waals surface area contributed by atoms with Crippen LogP contribution in [0.2, 0.25) is 0 Å². The molecule has 2 rings (SSSR count). The molecule has 10 nitrogen and oxygen atoms in total. The minimum absolute atomic E-state index is 0.0473. The molecule has 2 aromatic rings. The van der Waals surface area contributed by atoms with Gasteiger partial charge in [-0.05, 0) is 0 Å². The van der Waals surface area contributed by atoms with E-state index in [1.54, 1.807) is 0 Å². The minimum atomic E-state index is -3.66. The van der Waals surface area contributed by atoms with Crippen molar-refractivity contribution in [2.45, 2.75) is 11.5 Å². The van der Waals surface area contributed by atoms with Gasteiger partial charge in [-0.3, -0.25) is 0 Å². The molecule has 0 radical (unpaired) electrons. The van der Waals surface area contributed by atoms with Crippen LogP contribution in [0.1, 0.15) is 11.6 Å². The lowest BCUT2D eigenvalue weighted by Gasteiger charge is -2.08. The summed E-state index contributed by atoms with van der Waals surface area (Å²) in [4.78, 5) is 16.0. The Labute approximate surface area is 145 Å². The van der Waals surface area contributed by atoms with Crippen LogP contribution in [0.5, 0.6) is 23.5 Å². The molecule has 0 aromatic carbocycles. The van der Waals surface area contributed by atoms with Crippen molar-refractivity contribution in [1.29, 1.82) is 0 Å². The van der Waals surface area contributed by atoms with E-state index in [1.165, 1.54) is 40.6 Å². The molecule has 0 saturated carbocycles. The van der Waals surface area contributed by atoms with Crippen LogP contribution in [0.15, 0.2) is 12.1 Å². The summed E-state index contributed by atoms with van der Waals surface area (Å²) in [7, 11) is 1.99. The van der Waals surface area contributed by atoms with E-state index in [0.717, 1.165) is 0 Å². The van der Waals surface area contributed by atoms with Crippen molar-refractivity contribution in [3.63, 3.8) is 0 Å². The smallest absolute Gasteiger partial charge is 0.220 e. The van der Waals surface area contributed by atoms with Gasteiger partial charge < -0.3 is 18.9 Å². The Morgan fingerprint density at radius 2 is 0.960 bits per heavy atom. The van der Waals surface area contributed by atoms with Crippen LogP contribution >= 0.6 is 0 Å². The Hall–Kier alpha value is -2.69. The maximum absolute atomic E-state index is 12.4. The molecular weight excluding hydrogens is 352 g/mol. The van der Waals surface area contributed by atoms with Gasteiger partial charge in [-0.15, -0.1) is 0 Å². The first kappa shape index (κ1) is 18.6. The van der Waals surface area contributed by atoms with Gasteiger partial charge in [0.2, 0.25) is 23.5 Å². The van der Waals surface area contributed by atoms with Crippen molar-refractivity contribution in [2.75, 3.05) is 28.4 Å². The first-order valence-electron chi connectivity index (χ1n) is 7.01. The summed E-state index contributed by atoms with van der Waals surface area (Å²) in [6, 6.07) is 2.90. The maximum atomic E-state index is 12.4. The Bertz CT molecular complexity index is 735. The summed E-state index contributed by atoms with van der Waals surface area (Å²) in [5, 5.41) is 0. The summed E-state index contributed by atoms with van der Waals surface area (Å²) in [5.41, 5.74) is 0. The highest BCUT2D eigenvalue weighted by atomic mass is 32.2. The molecule has 136 valence electrons. The number of nitrogens with zero attached hydrogens (tertiary/aromatic N) is 4. The lowest BCUT2D eigenvalue weighted by Crippen LogP contribution is -2.13. The van der Waals surface area contributed by atoms with Gasteiger partial charge in [0, 0.05) is 0 Å². The van der Waals surface area contributed by atoms with Gasteiger partial charge in [0.15, 0.2) is 21.5 Å². The largest absolute Gasteiger partial charge is 0.481 e. The zero-order valence-electron chi connectivity index (χ0n) is 14.2. The third-order valence-corrected chi connectivity index (χ3v) is 4.38. The Balaban J connectivity index is 2.25. The highest BCUT2D eigenvalue weighted by molar-refractivity contribution is 7.89. The van der Waals surface area contributed by atoms with E-state index in [1.807, 2.05) is 0 Å². The van der Waals surface area contributed by atoms with Crippen LogP contribution in [0, 0.1) is 0 Å². The predicted octanol–water partition coefficient (Wildman–Crippen LogP) is 0.416. The first-order valence-corrected chi connectivity index (χ1v) is 8.83. The normalized spacial score (nSPS) is 11.0. The molecule has 0 atom stereocenters. The van der Waals surface area contributed by atoms with Gasteiger partial charge >= 0.3 is 0 Å². The number of rotatable bonds is 8. The van der Waals surface area contributed by atoms with Crippen LogP contribution < -0.4 is 18.9 Å².